The number of nitrogens with zero attached hydrogens (tertiary/aromatic N) is 1. The zero-order valence-electron chi connectivity index (χ0n) is 15.6. The number of fused-ring (bicyclic) bond motifs is 1. The average Bonchev–Trinajstić information content (AvgIpc) is 3.08. The number of carbonyl (C=O) groups excluding carboxylic acids is 2. The fourth-order valence-corrected chi connectivity index (χ4v) is 3.24. The minimum Gasteiger partial charge on any atom is -0.387 e. The van der Waals surface area contributed by atoms with Gasteiger partial charge in [0, 0.05) is 29.6 Å². The van der Waals surface area contributed by atoms with E-state index < -0.39 is 24.6 Å². The SMILES string of the molecule is Cc1cc(C=CC(F)(F)F)ccc1C(=O)Nc1ccc2c(c1)N(C(=O)CO)CC2. The van der Waals surface area contributed by atoms with Crippen molar-refractivity contribution < 1.29 is 27.9 Å². The number of allylic oxidation sites excluding steroid dienone is 1. The van der Waals surface area contributed by atoms with Crippen molar-refractivity contribution in [2.24, 2.45) is 0 Å². The number of anilines is 2. The summed E-state index contributed by atoms with van der Waals surface area (Å²) in [5, 5.41) is 11.8. The van der Waals surface area contributed by atoms with Gasteiger partial charge in [-0.25, -0.2) is 0 Å². The highest BCUT2D eigenvalue weighted by Gasteiger charge is 2.25. The fraction of sp³-hybridized carbons (Fsp3) is 0.238. The second kappa shape index (κ2) is 8.08. The minimum absolute atomic E-state index is 0.144. The molecular formula is C21H19F3N2O3. The van der Waals surface area contributed by atoms with E-state index in [1.165, 1.54) is 23.1 Å². The van der Waals surface area contributed by atoms with Crippen molar-refractivity contribution in [1.29, 1.82) is 0 Å². The van der Waals surface area contributed by atoms with E-state index in [9.17, 15) is 22.8 Å². The van der Waals surface area contributed by atoms with Crippen LogP contribution in [0.25, 0.3) is 6.08 Å². The summed E-state index contributed by atoms with van der Waals surface area (Å²) >= 11 is 0. The maximum absolute atomic E-state index is 12.6. The van der Waals surface area contributed by atoms with Gasteiger partial charge in [0.2, 0.25) is 0 Å². The maximum atomic E-state index is 12.6. The Morgan fingerprint density at radius 3 is 2.62 bits per heavy atom. The Hall–Kier alpha value is -3.13. The molecular weight excluding hydrogens is 385 g/mol. The van der Waals surface area contributed by atoms with Gasteiger partial charge in [0.05, 0.1) is 0 Å². The number of halogens is 3. The van der Waals surface area contributed by atoms with Crippen LogP contribution in [0.3, 0.4) is 0 Å². The monoisotopic (exact) mass is 404 g/mol. The summed E-state index contributed by atoms with van der Waals surface area (Å²) in [6.45, 7) is 1.52. The van der Waals surface area contributed by atoms with Crippen molar-refractivity contribution >= 4 is 29.3 Å². The van der Waals surface area contributed by atoms with Crippen LogP contribution >= 0.6 is 0 Å². The highest BCUT2D eigenvalue weighted by atomic mass is 19.4. The zero-order valence-corrected chi connectivity index (χ0v) is 15.6. The molecule has 0 saturated carbocycles. The van der Waals surface area contributed by atoms with Crippen LogP contribution in [0, 0.1) is 6.92 Å². The summed E-state index contributed by atoms with van der Waals surface area (Å²) in [6.07, 6.45) is -2.64. The number of aryl methyl sites for hydroxylation is 1. The number of amides is 2. The van der Waals surface area contributed by atoms with E-state index in [1.54, 1.807) is 19.1 Å². The van der Waals surface area contributed by atoms with Crippen LogP contribution in [0.15, 0.2) is 42.5 Å². The molecule has 0 aliphatic carbocycles. The van der Waals surface area contributed by atoms with Crippen LogP contribution in [0.2, 0.25) is 0 Å². The molecule has 1 aliphatic heterocycles. The van der Waals surface area contributed by atoms with Gasteiger partial charge in [-0.3, -0.25) is 9.59 Å². The summed E-state index contributed by atoms with van der Waals surface area (Å²) in [5.41, 5.74) is 3.27. The zero-order chi connectivity index (χ0) is 21.2. The standard InChI is InChI=1S/C21H19F3N2O3/c1-13-10-14(6-8-21(22,23)24)2-5-17(13)20(29)25-16-4-3-15-7-9-26(18(15)11-16)19(28)12-27/h2-6,8,10-11,27H,7,9,12H2,1H3,(H,25,29). The number of rotatable bonds is 4. The summed E-state index contributed by atoms with van der Waals surface area (Å²) in [5.74, 6) is -0.822. The number of carbonyl (C=O) groups is 2. The van der Waals surface area contributed by atoms with Gasteiger partial charge >= 0.3 is 6.18 Å². The van der Waals surface area contributed by atoms with Crippen molar-refractivity contribution in [1.82, 2.24) is 0 Å². The van der Waals surface area contributed by atoms with Crippen LogP contribution in [0.4, 0.5) is 24.5 Å². The lowest BCUT2D eigenvalue weighted by atomic mass is 10.0. The molecule has 29 heavy (non-hydrogen) atoms. The highest BCUT2D eigenvalue weighted by Crippen LogP contribution is 2.31. The Labute approximate surface area is 165 Å². The Morgan fingerprint density at radius 1 is 1.21 bits per heavy atom. The van der Waals surface area contributed by atoms with E-state index in [-0.39, 0.29) is 6.08 Å². The molecule has 0 spiro atoms. The quantitative estimate of drug-likeness (QED) is 0.816. The van der Waals surface area contributed by atoms with Gasteiger partial charge in [-0.05, 0) is 48.2 Å². The van der Waals surface area contributed by atoms with E-state index >= 15 is 0 Å². The predicted molar refractivity (Wildman–Crippen MR) is 104 cm³/mol. The Morgan fingerprint density at radius 2 is 1.97 bits per heavy atom. The van der Waals surface area contributed by atoms with Crippen molar-refractivity contribution in [3.63, 3.8) is 0 Å². The molecule has 2 amide bonds. The Bertz CT molecular complexity index is 984. The van der Waals surface area contributed by atoms with E-state index in [0.29, 0.717) is 41.0 Å². The van der Waals surface area contributed by atoms with Crippen LogP contribution < -0.4 is 10.2 Å². The van der Waals surface area contributed by atoms with Crippen LogP contribution in [0.1, 0.15) is 27.0 Å². The first-order valence-electron chi connectivity index (χ1n) is 8.90. The molecule has 0 aromatic heterocycles. The molecule has 0 atom stereocenters. The molecule has 1 heterocycles. The third-order valence-corrected chi connectivity index (χ3v) is 4.63. The van der Waals surface area contributed by atoms with E-state index in [4.69, 9.17) is 5.11 Å². The fourth-order valence-electron chi connectivity index (χ4n) is 3.24. The second-order valence-electron chi connectivity index (χ2n) is 6.70. The number of nitrogens with one attached hydrogen (secondary N) is 1. The van der Waals surface area contributed by atoms with Gasteiger partial charge in [0.1, 0.15) is 6.61 Å². The molecule has 152 valence electrons. The van der Waals surface area contributed by atoms with E-state index in [2.05, 4.69) is 5.32 Å². The van der Waals surface area contributed by atoms with Crippen molar-refractivity contribution in [3.05, 3.63) is 64.7 Å². The lowest BCUT2D eigenvalue weighted by Gasteiger charge is -2.17. The van der Waals surface area contributed by atoms with Gasteiger partial charge in [-0.1, -0.05) is 24.3 Å². The lowest BCUT2D eigenvalue weighted by molar-refractivity contribution is -0.121. The number of benzene rings is 2. The number of aliphatic hydroxyl groups is 1. The van der Waals surface area contributed by atoms with Gasteiger partial charge < -0.3 is 15.3 Å². The number of hydrogen-bond donors (Lipinski definition) is 2. The molecule has 0 bridgehead atoms. The molecule has 2 aromatic rings. The molecule has 0 radical (unpaired) electrons. The highest BCUT2D eigenvalue weighted by molar-refractivity contribution is 6.06. The van der Waals surface area contributed by atoms with Crippen LogP contribution in [-0.2, 0) is 11.2 Å². The summed E-state index contributed by atoms with van der Waals surface area (Å²) in [7, 11) is 0. The van der Waals surface area contributed by atoms with Gasteiger partial charge in [0.25, 0.3) is 11.8 Å². The van der Waals surface area contributed by atoms with Crippen molar-refractivity contribution in [3.8, 4) is 0 Å². The molecule has 5 nitrogen and oxygen atoms in total. The lowest BCUT2D eigenvalue weighted by Crippen LogP contribution is -2.31. The van der Waals surface area contributed by atoms with Crippen molar-refractivity contribution in [2.75, 3.05) is 23.4 Å². The van der Waals surface area contributed by atoms with Gasteiger partial charge in [-0.15, -0.1) is 0 Å². The first kappa shape index (κ1) is 20.6. The predicted octanol–water partition coefficient (Wildman–Crippen LogP) is 3.70. The third-order valence-electron chi connectivity index (χ3n) is 4.63. The molecule has 0 unspecified atom stereocenters. The van der Waals surface area contributed by atoms with E-state index in [0.717, 1.165) is 11.6 Å². The van der Waals surface area contributed by atoms with Crippen LogP contribution in [-0.4, -0.2) is 36.2 Å². The summed E-state index contributed by atoms with van der Waals surface area (Å²) in [4.78, 5) is 25.9. The largest absolute Gasteiger partial charge is 0.409 e. The molecule has 8 heteroatoms. The van der Waals surface area contributed by atoms with Gasteiger partial charge in [-0.2, -0.15) is 13.2 Å². The first-order valence-corrected chi connectivity index (χ1v) is 8.90. The molecule has 1 aliphatic rings. The Balaban J connectivity index is 1.77. The average molecular weight is 404 g/mol. The molecule has 0 fully saturated rings. The maximum Gasteiger partial charge on any atom is 0.409 e. The summed E-state index contributed by atoms with van der Waals surface area (Å²) in [6, 6.07) is 9.61. The second-order valence-corrected chi connectivity index (χ2v) is 6.70. The Kier molecular flexibility index (Phi) is 5.74. The van der Waals surface area contributed by atoms with Gasteiger partial charge in [0.15, 0.2) is 0 Å². The topological polar surface area (TPSA) is 69.6 Å². The molecule has 2 N–H and O–H groups in total. The molecule has 3 rings (SSSR count). The smallest absolute Gasteiger partial charge is 0.387 e. The number of alkyl halides is 3. The number of hydrogen-bond acceptors (Lipinski definition) is 3. The first-order chi connectivity index (χ1) is 13.7. The molecule has 0 saturated heterocycles. The van der Waals surface area contributed by atoms with Crippen molar-refractivity contribution in [2.45, 2.75) is 19.5 Å². The molecule has 2 aromatic carbocycles. The third kappa shape index (κ3) is 4.83. The summed E-state index contributed by atoms with van der Waals surface area (Å²) < 4.78 is 36.9. The van der Waals surface area contributed by atoms with E-state index in [1.807, 2.05) is 6.07 Å². The number of aliphatic hydroxyl groups excluding tert-OH is 1. The normalized spacial score (nSPS) is 13.6. The minimum atomic E-state index is -4.40. The van der Waals surface area contributed by atoms with Crippen LogP contribution in [0.5, 0.6) is 0 Å².